The lowest BCUT2D eigenvalue weighted by molar-refractivity contribution is -0.142. The topological polar surface area (TPSA) is 59.0 Å². The number of ether oxygens (including phenoxy) is 2. The van der Waals surface area contributed by atoms with E-state index in [1.165, 1.54) is 12.1 Å². The summed E-state index contributed by atoms with van der Waals surface area (Å²) in [5, 5.41) is 9.65. The van der Waals surface area contributed by atoms with Gasteiger partial charge in [-0.25, -0.2) is 4.39 Å². The molecule has 27 heavy (non-hydrogen) atoms. The SMILES string of the molecule is CCOc1cc(C(c2ccc(F)cc2)N2CCCC2C(=O)O)ccc1OC. The van der Waals surface area contributed by atoms with Crippen LogP contribution in [0.3, 0.4) is 0 Å². The Morgan fingerprint density at radius 2 is 1.93 bits per heavy atom. The third kappa shape index (κ3) is 4.06. The average Bonchev–Trinajstić information content (AvgIpc) is 3.14. The van der Waals surface area contributed by atoms with Gasteiger partial charge in [0.25, 0.3) is 0 Å². The molecule has 5 nitrogen and oxygen atoms in total. The largest absolute Gasteiger partial charge is 0.493 e. The predicted octanol–water partition coefficient (Wildman–Crippen LogP) is 3.87. The zero-order valence-electron chi connectivity index (χ0n) is 15.5. The highest BCUT2D eigenvalue weighted by Gasteiger charge is 2.37. The van der Waals surface area contributed by atoms with Crippen LogP contribution < -0.4 is 9.47 Å². The van der Waals surface area contributed by atoms with Crippen molar-refractivity contribution >= 4 is 5.97 Å². The Bertz CT molecular complexity index is 793. The molecule has 1 aliphatic rings. The molecule has 2 atom stereocenters. The molecule has 144 valence electrons. The van der Waals surface area contributed by atoms with Crippen molar-refractivity contribution in [2.24, 2.45) is 0 Å². The summed E-state index contributed by atoms with van der Waals surface area (Å²) in [6.07, 6.45) is 1.41. The van der Waals surface area contributed by atoms with Crippen molar-refractivity contribution in [2.45, 2.75) is 31.8 Å². The van der Waals surface area contributed by atoms with E-state index in [9.17, 15) is 14.3 Å². The smallest absolute Gasteiger partial charge is 0.320 e. The monoisotopic (exact) mass is 373 g/mol. The minimum atomic E-state index is -0.835. The Labute approximate surface area is 158 Å². The van der Waals surface area contributed by atoms with Crippen LogP contribution in [0.4, 0.5) is 4.39 Å². The number of hydrogen-bond donors (Lipinski definition) is 1. The van der Waals surface area contributed by atoms with Gasteiger partial charge >= 0.3 is 5.97 Å². The van der Waals surface area contributed by atoms with Gasteiger partial charge in [0.2, 0.25) is 0 Å². The van der Waals surface area contributed by atoms with E-state index < -0.39 is 12.0 Å². The first kappa shape index (κ1) is 19.2. The molecule has 1 aliphatic heterocycles. The van der Waals surface area contributed by atoms with Gasteiger partial charge in [-0.05, 0) is 55.2 Å². The van der Waals surface area contributed by atoms with Crippen LogP contribution in [0.2, 0.25) is 0 Å². The first-order chi connectivity index (χ1) is 13.0. The molecular formula is C21H24FNO4. The van der Waals surface area contributed by atoms with Gasteiger partial charge in [0.05, 0.1) is 19.8 Å². The number of carboxylic acids is 1. The average molecular weight is 373 g/mol. The van der Waals surface area contributed by atoms with Crippen LogP contribution in [0.15, 0.2) is 42.5 Å². The summed E-state index contributed by atoms with van der Waals surface area (Å²) in [6, 6.07) is 11.0. The maximum Gasteiger partial charge on any atom is 0.320 e. The molecule has 1 heterocycles. The van der Waals surface area contributed by atoms with Crippen LogP contribution in [-0.4, -0.2) is 42.3 Å². The molecule has 0 radical (unpaired) electrons. The standard InChI is InChI=1S/C21H24FNO4/c1-3-27-19-13-15(8-11-18(19)26-2)20(14-6-9-16(22)10-7-14)23-12-4-5-17(23)21(24)25/h6-11,13,17,20H,3-5,12H2,1-2H3,(H,24,25). The lowest BCUT2D eigenvalue weighted by Gasteiger charge is -2.32. The minimum absolute atomic E-state index is 0.306. The van der Waals surface area contributed by atoms with Crippen molar-refractivity contribution in [3.8, 4) is 11.5 Å². The maximum absolute atomic E-state index is 13.5. The zero-order valence-corrected chi connectivity index (χ0v) is 15.5. The summed E-state index contributed by atoms with van der Waals surface area (Å²) < 4.78 is 24.5. The molecule has 2 aromatic rings. The zero-order chi connectivity index (χ0) is 19.4. The lowest BCUT2D eigenvalue weighted by atomic mass is 9.95. The fraction of sp³-hybridized carbons (Fsp3) is 0.381. The number of likely N-dealkylation sites (tertiary alicyclic amines) is 1. The van der Waals surface area contributed by atoms with Gasteiger partial charge in [-0.15, -0.1) is 0 Å². The Balaban J connectivity index is 2.08. The van der Waals surface area contributed by atoms with E-state index in [1.807, 2.05) is 30.0 Å². The van der Waals surface area contributed by atoms with Crippen LogP contribution >= 0.6 is 0 Å². The van der Waals surface area contributed by atoms with E-state index >= 15 is 0 Å². The number of methoxy groups -OCH3 is 1. The van der Waals surface area contributed by atoms with Crippen molar-refractivity contribution < 1.29 is 23.8 Å². The van der Waals surface area contributed by atoms with Crippen LogP contribution in [0.1, 0.15) is 36.9 Å². The summed E-state index contributed by atoms with van der Waals surface area (Å²) in [4.78, 5) is 13.7. The highest BCUT2D eigenvalue weighted by Crippen LogP contribution is 2.38. The molecule has 1 fully saturated rings. The second-order valence-electron chi connectivity index (χ2n) is 6.53. The summed E-state index contributed by atoms with van der Waals surface area (Å²) in [7, 11) is 1.58. The second kappa shape index (κ2) is 8.39. The normalized spacial score (nSPS) is 18.3. The summed E-state index contributed by atoms with van der Waals surface area (Å²) >= 11 is 0. The highest BCUT2D eigenvalue weighted by atomic mass is 19.1. The molecule has 2 unspecified atom stereocenters. The van der Waals surface area contributed by atoms with E-state index in [0.717, 1.165) is 17.5 Å². The molecule has 0 bridgehead atoms. The molecule has 1 saturated heterocycles. The quantitative estimate of drug-likeness (QED) is 0.798. The fourth-order valence-electron chi connectivity index (χ4n) is 3.72. The van der Waals surface area contributed by atoms with Crippen LogP contribution in [-0.2, 0) is 4.79 Å². The number of hydrogen-bond acceptors (Lipinski definition) is 4. The predicted molar refractivity (Wildman–Crippen MR) is 99.8 cm³/mol. The Kier molecular flexibility index (Phi) is 5.96. The number of rotatable bonds is 7. The molecule has 0 amide bonds. The number of benzene rings is 2. The van der Waals surface area contributed by atoms with Gasteiger partial charge in [-0.1, -0.05) is 18.2 Å². The van der Waals surface area contributed by atoms with Crippen molar-refractivity contribution in [2.75, 3.05) is 20.3 Å². The van der Waals surface area contributed by atoms with Crippen LogP contribution in [0.25, 0.3) is 0 Å². The van der Waals surface area contributed by atoms with Gasteiger partial charge in [0.15, 0.2) is 11.5 Å². The van der Waals surface area contributed by atoms with Gasteiger partial charge in [0.1, 0.15) is 11.9 Å². The Hall–Kier alpha value is -2.60. The van der Waals surface area contributed by atoms with Gasteiger partial charge in [-0.2, -0.15) is 0 Å². The summed E-state index contributed by atoms with van der Waals surface area (Å²) in [5.74, 6) is 0.0712. The van der Waals surface area contributed by atoms with E-state index in [4.69, 9.17) is 9.47 Å². The lowest BCUT2D eigenvalue weighted by Crippen LogP contribution is -2.39. The molecule has 2 aromatic carbocycles. The number of aliphatic carboxylic acids is 1. The third-order valence-electron chi connectivity index (χ3n) is 4.90. The van der Waals surface area contributed by atoms with E-state index in [0.29, 0.717) is 31.1 Å². The van der Waals surface area contributed by atoms with Crippen molar-refractivity contribution in [3.05, 3.63) is 59.4 Å². The molecule has 3 rings (SSSR count). The molecule has 0 aliphatic carbocycles. The van der Waals surface area contributed by atoms with Crippen molar-refractivity contribution in [1.29, 1.82) is 0 Å². The van der Waals surface area contributed by atoms with Gasteiger partial charge < -0.3 is 14.6 Å². The van der Waals surface area contributed by atoms with E-state index in [1.54, 1.807) is 19.2 Å². The number of nitrogens with zero attached hydrogens (tertiary/aromatic N) is 1. The van der Waals surface area contributed by atoms with Gasteiger partial charge in [0, 0.05) is 6.54 Å². The van der Waals surface area contributed by atoms with Gasteiger partial charge in [-0.3, -0.25) is 9.69 Å². The number of halogens is 1. The number of carbonyl (C=O) groups is 1. The minimum Gasteiger partial charge on any atom is -0.493 e. The van der Waals surface area contributed by atoms with Crippen LogP contribution in [0, 0.1) is 5.82 Å². The molecule has 6 heteroatoms. The van der Waals surface area contributed by atoms with Crippen molar-refractivity contribution in [3.63, 3.8) is 0 Å². The first-order valence-electron chi connectivity index (χ1n) is 9.10. The van der Waals surface area contributed by atoms with Crippen molar-refractivity contribution in [1.82, 2.24) is 4.90 Å². The molecule has 1 N–H and O–H groups in total. The Morgan fingerprint density at radius 1 is 1.22 bits per heavy atom. The summed E-state index contributed by atoms with van der Waals surface area (Å²) in [5.41, 5.74) is 1.73. The number of carboxylic acid groups (broad SMARTS) is 1. The van der Waals surface area contributed by atoms with Crippen LogP contribution in [0.5, 0.6) is 11.5 Å². The molecular weight excluding hydrogens is 349 g/mol. The Morgan fingerprint density at radius 3 is 2.56 bits per heavy atom. The second-order valence-corrected chi connectivity index (χ2v) is 6.53. The maximum atomic E-state index is 13.5. The molecule has 0 saturated carbocycles. The summed E-state index contributed by atoms with van der Waals surface area (Å²) in [6.45, 7) is 3.04. The first-order valence-corrected chi connectivity index (χ1v) is 9.10. The molecule has 0 spiro atoms. The van der Waals surface area contributed by atoms with E-state index in [-0.39, 0.29) is 11.9 Å². The fourth-order valence-corrected chi connectivity index (χ4v) is 3.72. The third-order valence-corrected chi connectivity index (χ3v) is 4.90. The van der Waals surface area contributed by atoms with E-state index in [2.05, 4.69) is 0 Å². The molecule has 0 aromatic heterocycles. The highest BCUT2D eigenvalue weighted by molar-refractivity contribution is 5.74.